The lowest BCUT2D eigenvalue weighted by atomic mass is 10.2. The number of nitrogens with zero attached hydrogens (tertiary/aromatic N) is 3. The van der Waals surface area contributed by atoms with Gasteiger partial charge in [-0.2, -0.15) is 4.98 Å². The smallest absolute Gasteiger partial charge is 0.329 e. The Kier molecular flexibility index (Phi) is 4.15. The van der Waals surface area contributed by atoms with Crippen LogP contribution in [-0.2, 0) is 0 Å². The maximum atomic E-state index is 10.9. The highest BCUT2D eigenvalue weighted by atomic mass is 127. The summed E-state index contributed by atoms with van der Waals surface area (Å²) < 4.78 is 1.01. The summed E-state index contributed by atoms with van der Waals surface area (Å²) in [5, 5.41) is 13.8. The van der Waals surface area contributed by atoms with Crippen molar-refractivity contribution in [2.75, 3.05) is 5.32 Å². The molecule has 19 heavy (non-hydrogen) atoms. The Hall–Kier alpha value is -1.48. The summed E-state index contributed by atoms with van der Waals surface area (Å²) >= 11 is 7.83. The molecule has 0 bridgehead atoms. The van der Waals surface area contributed by atoms with Crippen molar-refractivity contribution >= 4 is 51.4 Å². The Morgan fingerprint density at radius 3 is 2.89 bits per heavy atom. The predicted molar refractivity (Wildman–Crippen MR) is 80.9 cm³/mol. The van der Waals surface area contributed by atoms with Crippen molar-refractivity contribution in [3.63, 3.8) is 0 Å². The summed E-state index contributed by atoms with van der Waals surface area (Å²) in [6.45, 7) is 1.90. The summed E-state index contributed by atoms with van der Waals surface area (Å²) in [7, 11) is 0. The first-order valence-electron chi connectivity index (χ1n) is 5.17. The van der Waals surface area contributed by atoms with Crippen LogP contribution in [0.15, 0.2) is 24.4 Å². The Labute approximate surface area is 127 Å². The summed E-state index contributed by atoms with van der Waals surface area (Å²) in [5.74, 6) is 0.0788. The number of aromatic nitrogens is 2. The molecule has 0 aliphatic heterocycles. The predicted octanol–water partition coefficient (Wildman–Crippen LogP) is 3.69. The molecule has 0 saturated heterocycles. The maximum absolute atomic E-state index is 10.9. The molecule has 0 saturated carbocycles. The second-order valence-electron chi connectivity index (χ2n) is 3.71. The molecule has 2 aromatic rings. The van der Waals surface area contributed by atoms with Crippen LogP contribution >= 0.6 is 34.2 Å². The minimum atomic E-state index is -0.554. The highest BCUT2D eigenvalue weighted by Gasteiger charge is 2.17. The van der Waals surface area contributed by atoms with Gasteiger partial charge in [-0.1, -0.05) is 6.07 Å². The molecule has 0 amide bonds. The lowest BCUT2D eigenvalue weighted by Crippen LogP contribution is -2.02. The molecular formula is C11H8ClIN4O2. The fourth-order valence-corrected chi connectivity index (χ4v) is 2.06. The molecule has 98 valence electrons. The van der Waals surface area contributed by atoms with Gasteiger partial charge in [0.2, 0.25) is 11.1 Å². The number of rotatable bonds is 3. The first kappa shape index (κ1) is 13.9. The van der Waals surface area contributed by atoms with E-state index in [-0.39, 0.29) is 16.8 Å². The number of hydrogen-bond donors (Lipinski definition) is 1. The highest BCUT2D eigenvalue weighted by Crippen LogP contribution is 2.28. The van der Waals surface area contributed by atoms with Gasteiger partial charge < -0.3 is 5.32 Å². The zero-order chi connectivity index (χ0) is 14.0. The third kappa shape index (κ3) is 3.29. The van der Waals surface area contributed by atoms with E-state index < -0.39 is 4.92 Å². The van der Waals surface area contributed by atoms with Crippen LogP contribution in [0.4, 0.5) is 17.2 Å². The second kappa shape index (κ2) is 5.66. The van der Waals surface area contributed by atoms with Crippen molar-refractivity contribution in [3.8, 4) is 0 Å². The van der Waals surface area contributed by atoms with Gasteiger partial charge in [-0.3, -0.25) is 10.1 Å². The third-order valence-electron chi connectivity index (χ3n) is 2.39. The van der Waals surface area contributed by atoms with Crippen molar-refractivity contribution in [1.82, 2.24) is 9.97 Å². The van der Waals surface area contributed by atoms with Crippen LogP contribution in [0.5, 0.6) is 0 Å². The van der Waals surface area contributed by atoms with Gasteiger partial charge in [-0.15, -0.1) is 0 Å². The molecule has 1 heterocycles. The van der Waals surface area contributed by atoms with Gasteiger partial charge in [0.15, 0.2) is 0 Å². The number of anilines is 2. The molecule has 0 unspecified atom stereocenters. The molecule has 0 fully saturated rings. The molecule has 2 rings (SSSR count). The molecule has 0 aliphatic rings. The maximum Gasteiger partial charge on any atom is 0.329 e. The zero-order valence-corrected chi connectivity index (χ0v) is 12.6. The average Bonchev–Trinajstić information content (AvgIpc) is 2.33. The van der Waals surface area contributed by atoms with E-state index in [0.717, 1.165) is 21.0 Å². The standard InChI is InChI=1S/C11H8ClIN4O2/c1-6-2-3-7(13)4-8(6)15-10-9(17(18)19)5-14-11(12)16-10/h2-5H,1H3,(H,14,15,16). The zero-order valence-electron chi connectivity index (χ0n) is 9.72. The molecule has 0 radical (unpaired) electrons. The summed E-state index contributed by atoms with van der Waals surface area (Å²) in [6, 6.07) is 5.73. The second-order valence-corrected chi connectivity index (χ2v) is 5.30. The van der Waals surface area contributed by atoms with Crippen LogP contribution in [0.2, 0.25) is 5.28 Å². The van der Waals surface area contributed by atoms with Gasteiger partial charge in [-0.05, 0) is 58.8 Å². The number of nitrogens with one attached hydrogen (secondary N) is 1. The third-order valence-corrected chi connectivity index (χ3v) is 3.24. The van der Waals surface area contributed by atoms with E-state index in [9.17, 15) is 10.1 Å². The van der Waals surface area contributed by atoms with Crippen molar-refractivity contribution in [2.45, 2.75) is 6.92 Å². The molecule has 1 aromatic carbocycles. The van der Waals surface area contributed by atoms with Gasteiger partial charge in [0, 0.05) is 9.26 Å². The number of nitro groups is 1. The Balaban J connectivity index is 2.45. The minimum absolute atomic E-state index is 0.0450. The lowest BCUT2D eigenvalue weighted by Gasteiger charge is -2.09. The van der Waals surface area contributed by atoms with Crippen LogP contribution in [0.3, 0.4) is 0 Å². The fraction of sp³-hybridized carbons (Fsp3) is 0.0909. The van der Waals surface area contributed by atoms with Crippen molar-refractivity contribution in [1.29, 1.82) is 0 Å². The van der Waals surface area contributed by atoms with Crippen molar-refractivity contribution in [3.05, 3.63) is 48.9 Å². The number of benzene rings is 1. The van der Waals surface area contributed by atoms with E-state index in [1.54, 1.807) is 0 Å². The van der Waals surface area contributed by atoms with Crippen LogP contribution in [0.25, 0.3) is 0 Å². The minimum Gasteiger partial charge on any atom is -0.334 e. The number of hydrogen-bond acceptors (Lipinski definition) is 5. The van der Waals surface area contributed by atoms with Gasteiger partial charge in [0.25, 0.3) is 0 Å². The van der Waals surface area contributed by atoms with E-state index in [2.05, 4.69) is 37.9 Å². The van der Waals surface area contributed by atoms with Crippen molar-refractivity contribution < 1.29 is 4.92 Å². The van der Waals surface area contributed by atoms with Crippen LogP contribution < -0.4 is 5.32 Å². The van der Waals surface area contributed by atoms with Gasteiger partial charge >= 0.3 is 5.69 Å². The van der Waals surface area contributed by atoms with Gasteiger partial charge in [0.05, 0.1) is 4.92 Å². The fourth-order valence-electron chi connectivity index (χ4n) is 1.44. The molecule has 8 heteroatoms. The number of halogens is 2. The molecular weight excluding hydrogens is 383 g/mol. The Morgan fingerprint density at radius 2 is 2.21 bits per heavy atom. The molecule has 1 N–H and O–H groups in total. The average molecular weight is 391 g/mol. The molecule has 1 aromatic heterocycles. The SMILES string of the molecule is Cc1ccc(I)cc1Nc1nc(Cl)ncc1[N+](=O)[O-]. The van der Waals surface area contributed by atoms with Crippen LogP contribution in [0, 0.1) is 20.6 Å². The van der Waals surface area contributed by atoms with Crippen LogP contribution in [-0.4, -0.2) is 14.9 Å². The monoisotopic (exact) mass is 390 g/mol. The van der Waals surface area contributed by atoms with E-state index in [1.807, 2.05) is 25.1 Å². The first-order valence-corrected chi connectivity index (χ1v) is 6.63. The largest absolute Gasteiger partial charge is 0.334 e. The first-order chi connectivity index (χ1) is 8.97. The van der Waals surface area contributed by atoms with E-state index in [1.165, 1.54) is 0 Å². The molecule has 6 nitrogen and oxygen atoms in total. The van der Waals surface area contributed by atoms with E-state index >= 15 is 0 Å². The van der Waals surface area contributed by atoms with E-state index in [0.29, 0.717) is 0 Å². The summed E-state index contributed by atoms with van der Waals surface area (Å²) in [4.78, 5) is 17.8. The molecule has 0 aliphatic carbocycles. The van der Waals surface area contributed by atoms with E-state index in [4.69, 9.17) is 11.6 Å². The Bertz CT molecular complexity index is 651. The number of aryl methyl sites for hydroxylation is 1. The molecule has 0 spiro atoms. The topological polar surface area (TPSA) is 81.0 Å². The van der Waals surface area contributed by atoms with Gasteiger partial charge in [0.1, 0.15) is 6.20 Å². The summed E-state index contributed by atoms with van der Waals surface area (Å²) in [5.41, 5.74) is 1.47. The van der Waals surface area contributed by atoms with Crippen molar-refractivity contribution in [2.24, 2.45) is 0 Å². The van der Waals surface area contributed by atoms with Gasteiger partial charge in [-0.25, -0.2) is 4.98 Å². The summed E-state index contributed by atoms with van der Waals surface area (Å²) in [6.07, 6.45) is 1.08. The van der Waals surface area contributed by atoms with Crippen LogP contribution in [0.1, 0.15) is 5.56 Å². The quantitative estimate of drug-likeness (QED) is 0.374. The highest BCUT2D eigenvalue weighted by molar-refractivity contribution is 14.1. The molecule has 0 atom stereocenters. The lowest BCUT2D eigenvalue weighted by molar-refractivity contribution is -0.384. The normalized spacial score (nSPS) is 10.3. The Morgan fingerprint density at radius 1 is 1.47 bits per heavy atom.